The van der Waals surface area contributed by atoms with Gasteiger partial charge in [-0.3, -0.25) is 10.3 Å². The molecule has 14 heavy (non-hydrogen) atoms. The van der Waals surface area contributed by atoms with Crippen LogP contribution in [0.2, 0.25) is 0 Å². The fourth-order valence-electron chi connectivity index (χ4n) is 1.64. The van der Waals surface area contributed by atoms with E-state index >= 15 is 0 Å². The quantitative estimate of drug-likeness (QED) is 0.307. The van der Waals surface area contributed by atoms with Crippen LogP contribution in [-0.2, 0) is 0 Å². The van der Waals surface area contributed by atoms with Crippen molar-refractivity contribution < 1.29 is 0 Å². The summed E-state index contributed by atoms with van der Waals surface area (Å²) in [4.78, 5) is 3.80. The monoisotopic (exact) mass is 212 g/mol. The minimum Gasteiger partial charge on any atom is -0.306 e. The summed E-state index contributed by atoms with van der Waals surface area (Å²) in [5.74, 6) is 0. The summed E-state index contributed by atoms with van der Waals surface area (Å²) in [6.07, 6.45) is 5.90. The standard InChI is InChI=1S/C9H16N4S/c1-12-5-3-8(4-6-12)13(7-10)9(11)14-2/h8,11H,3-6H2,1-2H3. The van der Waals surface area contributed by atoms with Crippen LogP contribution in [0.1, 0.15) is 12.8 Å². The number of nitrogens with zero attached hydrogens (tertiary/aromatic N) is 3. The van der Waals surface area contributed by atoms with Crippen molar-refractivity contribution >= 4 is 16.9 Å². The molecule has 1 heterocycles. The second kappa shape index (κ2) is 5.23. The molecule has 1 rings (SSSR count). The van der Waals surface area contributed by atoms with Crippen molar-refractivity contribution in [2.24, 2.45) is 0 Å². The Morgan fingerprint density at radius 3 is 2.57 bits per heavy atom. The third-order valence-corrected chi connectivity index (χ3v) is 3.16. The second-order valence-electron chi connectivity index (χ2n) is 3.51. The summed E-state index contributed by atoms with van der Waals surface area (Å²) in [6, 6.07) is 0.233. The van der Waals surface area contributed by atoms with Crippen molar-refractivity contribution in [2.45, 2.75) is 18.9 Å². The van der Waals surface area contributed by atoms with Crippen molar-refractivity contribution in [3.05, 3.63) is 0 Å². The summed E-state index contributed by atoms with van der Waals surface area (Å²) in [7, 11) is 2.09. The fourth-order valence-corrected chi connectivity index (χ4v) is 2.03. The molecule has 5 heteroatoms. The van der Waals surface area contributed by atoms with E-state index in [1.165, 1.54) is 16.7 Å². The van der Waals surface area contributed by atoms with Crippen LogP contribution in [0, 0.1) is 16.9 Å². The van der Waals surface area contributed by atoms with Crippen LogP contribution in [-0.4, -0.2) is 47.4 Å². The van der Waals surface area contributed by atoms with Gasteiger partial charge in [0.2, 0.25) is 0 Å². The molecule has 0 amide bonds. The van der Waals surface area contributed by atoms with Gasteiger partial charge in [-0.05, 0) is 39.2 Å². The molecule has 0 aliphatic carbocycles. The molecule has 1 aliphatic rings. The van der Waals surface area contributed by atoms with Gasteiger partial charge in [-0.1, -0.05) is 11.8 Å². The van der Waals surface area contributed by atoms with Crippen molar-refractivity contribution in [3.8, 4) is 6.19 Å². The van der Waals surface area contributed by atoms with E-state index in [0.29, 0.717) is 5.17 Å². The lowest BCUT2D eigenvalue weighted by atomic mass is 10.0. The molecule has 78 valence electrons. The molecule has 1 fully saturated rings. The topological polar surface area (TPSA) is 54.1 Å². The second-order valence-corrected chi connectivity index (χ2v) is 4.31. The first-order chi connectivity index (χ1) is 6.69. The number of piperidine rings is 1. The third-order valence-electron chi connectivity index (χ3n) is 2.57. The molecular weight excluding hydrogens is 196 g/mol. The zero-order valence-corrected chi connectivity index (χ0v) is 9.47. The number of amidine groups is 1. The molecule has 0 bridgehead atoms. The summed E-state index contributed by atoms with van der Waals surface area (Å²) in [6.45, 7) is 2.04. The molecule has 4 nitrogen and oxygen atoms in total. The van der Waals surface area contributed by atoms with Crippen LogP contribution in [0.25, 0.3) is 0 Å². The molecule has 0 saturated carbocycles. The summed E-state index contributed by atoms with van der Waals surface area (Å²) in [5, 5.41) is 17.0. The maximum atomic E-state index is 8.95. The summed E-state index contributed by atoms with van der Waals surface area (Å²) in [5.41, 5.74) is 0. The minimum atomic E-state index is 0.233. The number of nitrogens with one attached hydrogen (secondary N) is 1. The highest BCUT2D eigenvalue weighted by Crippen LogP contribution is 2.17. The molecule has 1 aliphatic heterocycles. The Balaban J connectivity index is 2.54. The molecule has 0 aromatic heterocycles. The molecule has 0 atom stereocenters. The normalized spacial score (nSPS) is 18.9. The van der Waals surface area contributed by atoms with Crippen LogP contribution in [0.5, 0.6) is 0 Å². The van der Waals surface area contributed by atoms with Crippen molar-refractivity contribution in [3.63, 3.8) is 0 Å². The molecule has 0 spiro atoms. The lowest BCUT2D eigenvalue weighted by Crippen LogP contribution is -2.43. The van der Waals surface area contributed by atoms with Gasteiger partial charge in [-0.15, -0.1) is 0 Å². The smallest absolute Gasteiger partial charge is 0.186 e. The zero-order chi connectivity index (χ0) is 10.6. The van der Waals surface area contributed by atoms with Gasteiger partial charge in [0.1, 0.15) is 0 Å². The number of rotatable bonds is 1. The van der Waals surface area contributed by atoms with Crippen molar-refractivity contribution in [1.29, 1.82) is 10.7 Å². The molecule has 1 N–H and O–H groups in total. The van der Waals surface area contributed by atoms with Crippen LogP contribution < -0.4 is 0 Å². The number of hydrogen-bond acceptors (Lipinski definition) is 4. The maximum Gasteiger partial charge on any atom is 0.186 e. The number of likely N-dealkylation sites (tertiary alicyclic amines) is 1. The van der Waals surface area contributed by atoms with E-state index in [4.69, 9.17) is 10.7 Å². The molecule has 0 aromatic rings. The Kier molecular flexibility index (Phi) is 4.23. The average molecular weight is 212 g/mol. The first kappa shape index (κ1) is 11.3. The molecule has 0 aromatic carbocycles. The highest BCUT2D eigenvalue weighted by atomic mass is 32.2. The van der Waals surface area contributed by atoms with Gasteiger partial charge < -0.3 is 4.90 Å². The fraction of sp³-hybridized carbons (Fsp3) is 0.778. The van der Waals surface area contributed by atoms with E-state index in [-0.39, 0.29) is 6.04 Å². The predicted molar refractivity (Wildman–Crippen MR) is 59.2 cm³/mol. The van der Waals surface area contributed by atoms with Crippen molar-refractivity contribution in [2.75, 3.05) is 26.4 Å². The predicted octanol–water partition coefficient (Wildman–Crippen LogP) is 1.16. The van der Waals surface area contributed by atoms with Crippen LogP contribution >= 0.6 is 11.8 Å². The molecule has 1 saturated heterocycles. The lowest BCUT2D eigenvalue weighted by Gasteiger charge is -2.33. The van der Waals surface area contributed by atoms with Crippen molar-refractivity contribution in [1.82, 2.24) is 9.80 Å². The van der Waals surface area contributed by atoms with Crippen LogP contribution in [0.4, 0.5) is 0 Å². The summed E-state index contributed by atoms with van der Waals surface area (Å²) < 4.78 is 0. The largest absolute Gasteiger partial charge is 0.306 e. The van der Waals surface area contributed by atoms with Gasteiger partial charge in [0.15, 0.2) is 11.4 Å². The Bertz CT molecular complexity index is 240. The van der Waals surface area contributed by atoms with Gasteiger partial charge in [-0.2, -0.15) is 5.26 Å². The Labute approximate surface area is 89.4 Å². The van der Waals surface area contributed by atoms with E-state index in [9.17, 15) is 0 Å². The highest BCUT2D eigenvalue weighted by molar-refractivity contribution is 8.13. The Morgan fingerprint density at radius 1 is 1.57 bits per heavy atom. The first-order valence-corrected chi connectivity index (χ1v) is 5.91. The summed E-state index contributed by atoms with van der Waals surface area (Å²) >= 11 is 1.33. The number of hydrogen-bond donors (Lipinski definition) is 1. The Hall–Kier alpha value is -0.730. The van der Waals surface area contributed by atoms with E-state index in [0.717, 1.165) is 25.9 Å². The number of thioether (sulfide) groups is 1. The SMILES string of the molecule is CSC(=N)N(C#N)C1CCN(C)CC1. The highest BCUT2D eigenvalue weighted by Gasteiger charge is 2.24. The maximum absolute atomic E-state index is 8.95. The van der Waals surface area contributed by atoms with Gasteiger partial charge >= 0.3 is 0 Å². The third kappa shape index (κ3) is 2.63. The molecule has 0 unspecified atom stereocenters. The molecular formula is C9H16N4S. The van der Waals surface area contributed by atoms with E-state index in [1.807, 2.05) is 6.26 Å². The van der Waals surface area contributed by atoms with Gasteiger partial charge in [0.05, 0.1) is 0 Å². The van der Waals surface area contributed by atoms with Gasteiger partial charge in [0, 0.05) is 6.04 Å². The van der Waals surface area contributed by atoms with Gasteiger partial charge in [0.25, 0.3) is 0 Å². The van der Waals surface area contributed by atoms with Crippen LogP contribution in [0.3, 0.4) is 0 Å². The average Bonchev–Trinajstić information content (AvgIpc) is 2.21. The minimum absolute atomic E-state index is 0.233. The van der Waals surface area contributed by atoms with E-state index < -0.39 is 0 Å². The zero-order valence-electron chi connectivity index (χ0n) is 8.66. The van der Waals surface area contributed by atoms with Gasteiger partial charge in [-0.25, -0.2) is 0 Å². The number of nitriles is 1. The van der Waals surface area contributed by atoms with E-state index in [2.05, 4.69) is 18.1 Å². The lowest BCUT2D eigenvalue weighted by molar-refractivity contribution is 0.207. The van der Waals surface area contributed by atoms with Crippen LogP contribution in [0.15, 0.2) is 0 Å². The Morgan fingerprint density at radius 2 is 2.14 bits per heavy atom. The van der Waals surface area contributed by atoms with E-state index in [1.54, 1.807) is 0 Å². The first-order valence-electron chi connectivity index (χ1n) is 4.69. The molecule has 0 radical (unpaired) electrons.